The Morgan fingerprint density at radius 3 is 2.11 bits per heavy atom. The molecule has 0 saturated carbocycles. The molecule has 1 rings (SSSR count). The zero-order valence-electron chi connectivity index (χ0n) is 11.9. The summed E-state index contributed by atoms with van der Waals surface area (Å²) in [5.74, 6) is 0.319. The molecule has 1 aromatic rings. The van der Waals surface area contributed by atoms with Gasteiger partial charge in [0.1, 0.15) is 0 Å². The average molecular weight is 256 g/mol. The van der Waals surface area contributed by atoms with Crippen molar-refractivity contribution in [2.24, 2.45) is 0 Å². The van der Waals surface area contributed by atoms with Crippen molar-refractivity contribution in [1.29, 1.82) is 0 Å². The van der Waals surface area contributed by atoms with Crippen molar-refractivity contribution in [2.75, 3.05) is 6.16 Å². The summed E-state index contributed by atoms with van der Waals surface area (Å²) >= 11 is 0. The van der Waals surface area contributed by atoms with Crippen LogP contribution in [0.15, 0.2) is 18.2 Å². The molecule has 0 unspecified atom stereocenters. The van der Waals surface area contributed by atoms with Crippen molar-refractivity contribution in [2.45, 2.75) is 46.0 Å². The third kappa shape index (κ3) is 4.89. The van der Waals surface area contributed by atoms with Gasteiger partial charge in [0.15, 0.2) is 5.78 Å². The molecule has 0 saturated heterocycles. The van der Waals surface area contributed by atoms with Gasteiger partial charge in [-0.25, -0.2) is 0 Å². The molecular formula is C15H22LiOP. The van der Waals surface area contributed by atoms with Crippen LogP contribution in [0.3, 0.4) is 0 Å². The van der Waals surface area contributed by atoms with Crippen LogP contribution in [0.4, 0.5) is 0 Å². The van der Waals surface area contributed by atoms with Gasteiger partial charge in [-0.15, -0.1) is 0 Å². The van der Waals surface area contributed by atoms with Gasteiger partial charge in [0, 0.05) is 12.0 Å². The molecule has 1 aromatic carbocycles. The molecule has 0 aromatic heterocycles. The van der Waals surface area contributed by atoms with Crippen molar-refractivity contribution in [1.82, 2.24) is 0 Å². The first kappa shape index (κ1) is 17.9. The molecule has 0 aliphatic heterocycles. The van der Waals surface area contributed by atoms with E-state index in [0.29, 0.717) is 12.2 Å². The summed E-state index contributed by atoms with van der Waals surface area (Å²) in [6.07, 6.45) is 5.57. The topological polar surface area (TPSA) is 17.1 Å². The van der Waals surface area contributed by atoms with E-state index in [4.69, 9.17) is 0 Å². The second-order valence-corrected chi connectivity index (χ2v) is 4.79. The van der Waals surface area contributed by atoms with Crippen LogP contribution in [0.1, 0.15) is 54.6 Å². The standard InChI is InChI=1S/C15H22OP.Li/c1-3-12-8-7-9-13(4-2)15(12)14(16)10-5-6-11-17;/h7-9,17H,3-6,10-11H2,1-2H3;/q-1;+1. The van der Waals surface area contributed by atoms with Crippen LogP contribution in [-0.4, -0.2) is 11.9 Å². The van der Waals surface area contributed by atoms with Crippen LogP contribution in [0.5, 0.6) is 0 Å². The smallest absolute Gasteiger partial charge is 0.558 e. The van der Waals surface area contributed by atoms with Gasteiger partial charge in [-0.1, -0.05) is 38.5 Å². The molecule has 94 valence electrons. The summed E-state index contributed by atoms with van der Waals surface area (Å²) in [7, 11) is 3.45. The third-order valence-corrected chi connectivity index (χ3v) is 3.46. The van der Waals surface area contributed by atoms with Gasteiger partial charge >= 0.3 is 18.9 Å². The molecule has 3 heteroatoms. The summed E-state index contributed by atoms with van der Waals surface area (Å²) in [5.41, 5.74) is 3.40. The molecule has 1 nitrogen and oxygen atoms in total. The number of carbonyl (C=O) groups excluding carboxylic acids is 1. The van der Waals surface area contributed by atoms with Gasteiger partial charge in [-0.05, 0) is 30.4 Å². The van der Waals surface area contributed by atoms with E-state index in [9.17, 15) is 4.79 Å². The fourth-order valence-electron chi connectivity index (χ4n) is 2.14. The Labute approximate surface area is 126 Å². The first-order chi connectivity index (χ1) is 8.24. The molecule has 0 aliphatic carbocycles. The molecule has 0 amide bonds. The zero-order valence-corrected chi connectivity index (χ0v) is 12.9. The van der Waals surface area contributed by atoms with Crippen molar-refractivity contribution in [3.8, 4) is 0 Å². The number of carbonyl (C=O) groups is 1. The number of Topliss-reactive ketones (excluding diaryl/α,β-unsaturated/α-hetero) is 1. The number of unbranched alkanes of at least 4 members (excludes halogenated alkanes) is 1. The van der Waals surface area contributed by atoms with Crippen LogP contribution < -0.4 is 18.9 Å². The molecule has 0 aliphatic rings. The SMILES string of the molecule is CCc1cccc(CC)c1C(=O)CCCC[PH-].[Li+]. The molecular weight excluding hydrogens is 234 g/mol. The van der Waals surface area contributed by atoms with Crippen LogP contribution in [0.2, 0.25) is 0 Å². The molecule has 0 fully saturated rings. The van der Waals surface area contributed by atoms with Gasteiger partial charge in [0.25, 0.3) is 0 Å². The first-order valence-corrected chi connectivity index (χ1v) is 7.23. The maximum Gasteiger partial charge on any atom is 1.00 e. The number of hydrogen-bond acceptors (Lipinski definition) is 1. The average Bonchev–Trinajstić information content (AvgIpc) is 2.37. The number of aryl methyl sites for hydroxylation is 2. The Kier molecular flexibility index (Phi) is 9.75. The van der Waals surface area contributed by atoms with Crippen molar-refractivity contribution in [3.63, 3.8) is 0 Å². The molecule has 18 heavy (non-hydrogen) atoms. The summed E-state index contributed by atoms with van der Waals surface area (Å²) < 4.78 is 0. The van der Waals surface area contributed by atoms with Gasteiger partial charge in [0.05, 0.1) is 0 Å². The molecule has 0 N–H and O–H groups in total. The normalized spacial score (nSPS) is 9.94. The van der Waals surface area contributed by atoms with Crippen molar-refractivity contribution >= 4 is 15.0 Å². The molecule has 0 atom stereocenters. The zero-order chi connectivity index (χ0) is 12.7. The Morgan fingerprint density at radius 2 is 1.67 bits per heavy atom. The first-order valence-electron chi connectivity index (χ1n) is 6.53. The Bertz CT molecular complexity index is 355. The second-order valence-electron chi connectivity index (χ2n) is 4.29. The van der Waals surface area contributed by atoms with E-state index in [0.717, 1.165) is 37.4 Å². The maximum absolute atomic E-state index is 12.3. The van der Waals surface area contributed by atoms with E-state index < -0.39 is 0 Å². The Hall–Kier alpha value is -0.0826. The minimum atomic E-state index is 0. The largest absolute Gasteiger partial charge is 1.00 e. The van der Waals surface area contributed by atoms with Crippen LogP contribution in [0, 0.1) is 0 Å². The monoisotopic (exact) mass is 256 g/mol. The van der Waals surface area contributed by atoms with E-state index in [1.54, 1.807) is 0 Å². The molecule has 0 bridgehead atoms. The summed E-state index contributed by atoms with van der Waals surface area (Å²) in [6, 6.07) is 6.22. The van der Waals surface area contributed by atoms with E-state index in [1.807, 2.05) is 0 Å². The van der Waals surface area contributed by atoms with E-state index in [2.05, 4.69) is 41.3 Å². The Morgan fingerprint density at radius 1 is 1.11 bits per heavy atom. The van der Waals surface area contributed by atoms with Crippen LogP contribution in [-0.2, 0) is 12.8 Å². The predicted octanol–water partition coefficient (Wildman–Crippen LogP) is 1.31. The van der Waals surface area contributed by atoms with Crippen molar-refractivity contribution < 1.29 is 23.7 Å². The van der Waals surface area contributed by atoms with E-state index in [-0.39, 0.29) is 18.9 Å². The van der Waals surface area contributed by atoms with Crippen LogP contribution >= 0.6 is 9.24 Å². The van der Waals surface area contributed by atoms with Gasteiger partial charge < -0.3 is 9.24 Å². The fourth-order valence-corrected chi connectivity index (χ4v) is 2.39. The summed E-state index contributed by atoms with van der Waals surface area (Å²) in [6.45, 7) is 4.23. The summed E-state index contributed by atoms with van der Waals surface area (Å²) in [5, 5.41) is 0. The number of hydrogen-bond donors (Lipinski definition) is 0. The minimum Gasteiger partial charge on any atom is -0.558 e. The number of ketones is 1. The molecule has 0 heterocycles. The van der Waals surface area contributed by atoms with Gasteiger partial charge in [-0.3, -0.25) is 4.79 Å². The predicted molar refractivity (Wildman–Crippen MR) is 76.6 cm³/mol. The van der Waals surface area contributed by atoms with Crippen molar-refractivity contribution in [3.05, 3.63) is 34.9 Å². The molecule has 0 spiro atoms. The quantitative estimate of drug-likeness (QED) is 0.311. The Balaban J connectivity index is 0.00000289. The second kappa shape index (κ2) is 9.80. The van der Waals surface area contributed by atoms with E-state index in [1.165, 1.54) is 11.1 Å². The third-order valence-electron chi connectivity index (χ3n) is 3.11. The van der Waals surface area contributed by atoms with Crippen LogP contribution in [0.25, 0.3) is 0 Å². The van der Waals surface area contributed by atoms with Gasteiger partial charge in [-0.2, -0.15) is 6.16 Å². The maximum atomic E-state index is 12.3. The van der Waals surface area contributed by atoms with Gasteiger partial charge in [0.2, 0.25) is 0 Å². The minimum absolute atomic E-state index is 0. The number of benzene rings is 1. The summed E-state index contributed by atoms with van der Waals surface area (Å²) in [4.78, 5) is 12.3. The molecule has 0 radical (unpaired) electrons. The van der Waals surface area contributed by atoms with E-state index >= 15 is 0 Å². The number of rotatable bonds is 7. The fraction of sp³-hybridized carbons (Fsp3) is 0.533.